The van der Waals surface area contributed by atoms with Crippen molar-refractivity contribution in [1.82, 2.24) is 0 Å². The number of hydrogen-bond acceptors (Lipinski definition) is 4. The van der Waals surface area contributed by atoms with Crippen LogP contribution in [0.4, 0.5) is 5.69 Å². The van der Waals surface area contributed by atoms with Crippen molar-refractivity contribution < 1.29 is 19.1 Å². The Morgan fingerprint density at radius 3 is 2.42 bits per heavy atom. The lowest BCUT2D eigenvalue weighted by Gasteiger charge is -2.16. The average molecular weight is 323 g/mol. The SMILES string of the molecule is Cc1ccc(N2C[C@H](C(=O)Oc3ccc(C=O)cc3)CC2=O)cc1. The molecule has 0 aliphatic carbocycles. The van der Waals surface area contributed by atoms with Gasteiger partial charge in [-0.2, -0.15) is 0 Å². The Bertz CT molecular complexity index is 765. The van der Waals surface area contributed by atoms with E-state index >= 15 is 0 Å². The molecule has 0 N–H and O–H groups in total. The molecule has 0 saturated carbocycles. The number of carbonyl (C=O) groups excluding carboxylic acids is 3. The summed E-state index contributed by atoms with van der Waals surface area (Å²) in [6.45, 7) is 2.29. The monoisotopic (exact) mass is 323 g/mol. The number of benzene rings is 2. The number of carbonyl (C=O) groups is 3. The number of aryl methyl sites for hydroxylation is 1. The molecule has 1 fully saturated rings. The molecule has 2 aromatic carbocycles. The Kier molecular flexibility index (Phi) is 4.42. The number of nitrogens with zero attached hydrogens (tertiary/aromatic N) is 1. The molecule has 3 rings (SSSR count). The first kappa shape index (κ1) is 15.9. The molecule has 0 radical (unpaired) electrons. The van der Waals surface area contributed by atoms with Gasteiger partial charge in [-0.15, -0.1) is 0 Å². The molecule has 1 aliphatic rings. The van der Waals surface area contributed by atoms with Gasteiger partial charge in [0.15, 0.2) is 0 Å². The van der Waals surface area contributed by atoms with E-state index in [1.165, 1.54) is 0 Å². The third-order valence-corrected chi connectivity index (χ3v) is 4.04. The summed E-state index contributed by atoms with van der Waals surface area (Å²) >= 11 is 0. The van der Waals surface area contributed by atoms with Gasteiger partial charge in [0.2, 0.25) is 5.91 Å². The van der Waals surface area contributed by atoms with E-state index in [1.54, 1.807) is 29.2 Å². The molecule has 0 aromatic heterocycles. The first-order chi connectivity index (χ1) is 11.6. The maximum atomic E-state index is 12.3. The van der Waals surface area contributed by atoms with Gasteiger partial charge in [0.25, 0.3) is 0 Å². The molecule has 122 valence electrons. The Labute approximate surface area is 139 Å². The quantitative estimate of drug-likeness (QED) is 0.493. The normalized spacial score (nSPS) is 17.0. The molecule has 24 heavy (non-hydrogen) atoms. The highest BCUT2D eigenvalue weighted by molar-refractivity contribution is 5.99. The summed E-state index contributed by atoms with van der Waals surface area (Å²) in [5.74, 6) is -0.648. The summed E-state index contributed by atoms with van der Waals surface area (Å²) in [6, 6.07) is 13.9. The first-order valence-electron chi connectivity index (χ1n) is 7.71. The van der Waals surface area contributed by atoms with Gasteiger partial charge in [-0.25, -0.2) is 0 Å². The van der Waals surface area contributed by atoms with Crippen molar-refractivity contribution in [2.45, 2.75) is 13.3 Å². The minimum atomic E-state index is -0.496. The fourth-order valence-electron chi connectivity index (χ4n) is 2.65. The summed E-state index contributed by atoms with van der Waals surface area (Å²) in [7, 11) is 0. The van der Waals surface area contributed by atoms with Crippen LogP contribution in [0.25, 0.3) is 0 Å². The van der Waals surface area contributed by atoms with E-state index in [-0.39, 0.29) is 12.3 Å². The van der Waals surface area contributed by atoms with Crippen LogP contribution in [0.3, 0.4) is 0 Å². The van der Waals surface area contributed by atoms with Gasteiger partial charge < -0.3 is 9.64 Å². The van der Waals surface area contributed by atoms with Gasteiger partial charge in [-0.1, -0.05) is 17.7 Å². The van der Waals surface area contributed by atoms with E-state index < -0.39 is 11.9 Å². The van der Waals surface area contributed by atoms with Gasteiger partial charge in [0, 0.05) is 24.2 Å². The zero-order chi connectivity index (χ0) is 17.1. The van der Waals surface area contributed by atoms with Crippen LogP contribution in [-0.2, 0) is 9.59 Å². The van der Waals surface area contributed by atoms with Crippen LogP contribution in [0.15, 0.2) is 48.5 Å². The number of hydrogen-bond donors (Lipinski definition) is 0. The molecule has 0 spiro atoms. The summed E-state index contributed by atoms with van der Waals surface area (Å²) < 4.78 is 5.32. The van der Waals surface area contributed by atoms with Crippen LogP contribution in [0.5, 0.6) is 5.75 Å². The highest BCUT2D eigenvalue weighted by Crippen LogP contribution is 2.26. The molecule has 1 aliphatic heterocycles. The van der Waals surface area contributed by atoms with Crippen molar-refractivity contribution in [3.63, 3.8) is 0 Å². The molecule has 2 aromatic rings. The van der Waals surface area contributed by atoms with E-state index in [0.717, 1.165) is 17.5 Å². The molecular weight excluding hydrogens is 306 g/mol. The van der Waals surface area contributed by atoms with Gasteiger partial charge in [-0.05, 0) is 43.3 Å². The molecule has 0 unspecified atom stereocenters. The Morgan fingerprint density at radius 2 is 1.79 bits per heavy atom. The fraction of sp³-hybridized carbons (Fsp3) is 0.211. The van der Waals surface area contributed by atoms with Crippen molar-refractivity contribution >= 4 is 23.9 Å². The number of aldehydes is 1. The lowest BCUT2D eigenvalue weighted by molar-refractivity contribution is -0.139. The van der Waals surface area contributed by atoms with E-state index in [4.69, 9.17) is 4.74 Å². The van der Waals surface area contributed by atoms with Crippen molar-refractivity contribution in [3.8, 4) is 5.75 Å². The van der Waals surface area contributed by atoms with Crippen molar-refractivity contribution in [3.05, 3.63) is 59.7 Å². The highest BCUT2D eigenvalue weighted by Gasteiger charge is 2.36. The van der Waals surface area contributed by atoms with E-state index in [9.17, 15) is 14.4 Å². The Hall–Kier alpha value is -2.95. The Balaban J connectivity index is 1.67. The second-order valence-electron chi connectivity index (χ2n) is 5.85. The third kappa shape index (κ3) is 3.35. The summed E-state index contributed by atoms with van der Waals surface area (Å²) in [4.78, 5) is 36.7. The number of rotatable bonds is 4. The lowest BCUT2D eigenvalue weighted by atomic mass is 10.1. The molecule has 5 heteroatoms. The van der Waals surface area contributed by atoms with Crippen LogP contribution >= 0.6 is 0 Å². The van der Waals surface area contributed by atoms with E-state index in [0.29, 0.717) is 17.9 Å². The van der Waals surface area contributed by atoms with Gasteiger partial charge in [0.1, 0.15) is 12.0 Å². The lowest BCUT2D eigenvalue weighted by Crippen LogP contribution is -2.27. The smallest absolute Gasteiger partial charge is 0.316 e. The Morgan fingerprint density at radius 1 is 1.12 bits per heavy atom. The zero-order valence-electron chi connectivity index (χ0n) is 13.3. The van der Waals surface area contributed by atoms with Crippen LogP contribution < -0.4 is 9.64 Å². The fourth-order valence-corrected chi connectivity index (χ4v) is 2.65. The average Bonchev–Trinajstić information content (AvgIpc) is 2.98. The van der Waals surface area contributed by atoms with E-state index in [2.05, 4.69) is 0 Å². The first-order valence-corrected chi connectivity index (χ1v) is 7.71. The van der Waals surface area contributed by atoms with E-state index in [1.807, 2.05) is 31.2 Å². The molecule has 0 bridgehead atoms. The van der Waals surface area contributed by atoms with Crippen molar-refractivity contribution in [2.24, 2.45) is 5.92 Å². The predicted octanol–water partition coefficient (Wildman–Crippen LogP) is 2.77. The minimum absolute atomic E-state index is 0.0860. The molecule has 1 heterocycles. The largest absolute Gasteiger partial charge is 0.426 e. The molecule has 1 amide bonds. The van der Waals surface area contributed by atoms with Crippen LogP contribution in [0.2, 0.25) is 0 Å². The summed E-state index contributed by atoms with van der Waals surface area (Å²) in [6.07, 6.45) is 0.861. The van der Waals surface area contributed by atoms with Gasteiger partial charge in [0.05, 0.1) is 5.92 Å². The van der Waals surface area contributed by atoms with Crippen molar-refractivity contribution in [2.75, 3.05) is 11.4 Å². The maximum absolute atomic E-state index is 12.3. The molecule has 1 atom stereocenters. The number of ether oxygens (including phenoxy) is 1. The number of amides is 1. The third-order valence-electron chi connectivity index (χ3n) is 4.04. The van der Waals surface area contributed by atoms with Gasteiger partial charge >= 0.3 is 5.97 Å². The standard InChI is InChI=1S/C19H17NO4/c1-13-2-6-16(7-3-13)20-11-15(10-18(20)22)19(23)24-17-8-4-14(12-21)5-9-17/h2-9,12,15H,10-11H2,1H3/t15-/m1/s1. The second kappa shape index (κ2) is 6.66. The zero-order valence-corrected chi connectivity index (χ0v) is 13.3. The van der Waals surface area contributed by atoms with Gasteiger partial charge in [-0.3, -0.25) is 14.4 Å². The van der Waals surface area contributed by atoms with Crippen LogP contribution in [0.1, 0.15) is 22.3 Å². The topological polar surface area (TPSA) is 63.7 Å². The van der Waals surface area contributed by atoms with Crippen molar-refractivity contribution in [1.29, 1.82) is 0 Å². The predicted molar refractivity (Wildman–Crippen MR) is 89.1 cm³/mol. The van der Waals surface area contributed by atoms with Crippen LogP contribution in [-0.4, -0.2) is 24.7 Å². The molecule has 1 saturated heterocycles. The highest BCUT2D eigenvalue weighted by atomic mass is 16.5. The second-order valence-corrected chi connectivity index (χ2v) is 5.85. The number of anilines is 1. The minimum Gasteiger partial charge on any atom is -0.426 e. The molecular formula is C19H17NO4. The van der Waals surface area contributed by atoms with Crippen LogP contribution in [0, 0.1) is 12.8 Å². The molecule has 5 nitrogen and oxygen atoms in total. The summed E-state index contributed by atoms with van der Waals surface area (Å²) in [5.41, 5.74) is 2.41. The maximum Gasteiger partial charge on any atom is 0.316 e. The number of esters is 1. The summed E-state index contributed by atoms with van der Waals surface area (Å²) in [5, 5.41) is 0.